The van der Waals surface area contributed by atoms with Gasteiger partial charge in [0.25, 0.3) is 0 Å². The second kappa shape index (κ2) is 9.91. The lowest BCUT2D eigenvalue weighted by atomic mass is 9.93. The summed E-state index contributed by atoms with van der Waals surface area (Å²) in [7, 11) is -3.63. The van der Waals surface area contributed by atoms with Gasteiger partial charge in [-0.2, -0.15) is 4.31 Å². The monoisotopic (exact) mass is 463 g/mol. The van der Waals surface area contributed by atoms with E-state index in [1.54, 1.807) is 13.8 Å². The normalized spacial score (nSPS) is 23.8. The lowest BCUT2D eigenvalue weighted by molar-refractivity contribution is -0.133. The Morgan fingerprint density at radius 3 is 2.25 bits per heavy atom. The number of anilines is 1. The summed E-state index contributed by atoms with van der Waals surface area (Å²) in [5, 5.41) is 3.17. The van der Waals surface area contributed by atoms with Gasteiger partial charge in [0.2, 0.25) is 21.8 Å². The number of sulfonamides is 1. The summed E-state index contributed by atoms with van der Waals surface area (Å²) in [6, 6.07) is 5.84. The quantitative estimate of drug-likeness (QED) is 0.656. The van der Waals surface area contributed by atoms with Crippen LogP contribution in [-0.4, -0.2) is 55.0 Å². The van der Waals surface area contributed by atoms with Crippen molar-refractivity contribution in [3.8, 4) is 0 Å². The zero-order valence-electron chi connectivity index (χ0n) is 19.8. The zero-order valence-corrected chi connectivity index (χ0v) is 20.6. The Morgan fingerprint density at radius 1 is 1.09 bits per heavy atom. The summed E-state index contributed by atoms with van der Waals surface area (Å²) in [5.41, 5.74) is 1.28. The van der Waals surface area contributed by atoms with Gasteiger partial charge in [-0.1, -0.05) is 38.7 Å². The molecule has 32 heavy (non-hydrogen) atoms. The Hall–Kier alpha value is -1.93. The number of amides is 2. The number of hydrogen-bond acceptors (Lipinski definition) is 4. The molecule has 1 aromatic carbocycles. The second-order valence-corrected chi connectivity index (χ2v) is 11.7. The number of benzene rings is 1. The average molecular weight is 464 g/mol. The maximum absolute atomic E-state index is 13.7. The number of carbonyl (C=O) groups is 2. The molecule has 0 bridgehead atoms. The average Bonchev–Trinajstić information content (AvgIpc) is 2.95. The molecular formula is C24H37N3O4S. The number of nitrogens with one attached hydrogen (secondary N) is 1. The molecule has 2 fully saturated rings. The minimum absolute atomic E-state index is 0.0375. The van der Waals surface area contributed by atoms with Crippen LogP contribution in [0.5, 0.6) is 0 Å². The maximum Gasteiger partial charge on any atom is 0.247 e. The van der Waals surface area contributed by atoms with Crippen LogP contribution in [0.3, 0.4) is 0 Å². The summed E-state index contributed by atoms with van der Waals surface area (Å²) in [6.45, 7) is 7.09. The molecule has 7 nitrogen and oxygen atoms in total. The molecule has 1 aliphatic heterocycles. The Morgan fingerprint density at radius 2 is 1.69 bits per heavy atom. The van der Waals surface area contributed by atoms with Gasteiger partial charge in [0, 0.05) is 18.3 Å². The van der Waals surface area contributed by atoms with Crippen molar-refractivity contribution in [2.45, 2.75) is 84.2 Å². The van der Waals surface area contributed by atoms with Gasteiger partial charge in [-0.3, -0.25) is 14.5 Å². The molecule has 8 heteroatoms. The molecule has 1 saturated heterocycles. The van der Waals surface area contributed by atoms with Crippen molar-refractivity contribution in [1.29, 1.82) is 0 Å². The number of rotatable bonds is 6. The fourth-order valence-corrected chi connectivity index (χ4v) is 6.53. The number of hydrogen-bond donors (Lipinski definition) is 1. The maximum atomic E-state index is 13.7. The topological polar surface area (TPSA) is 86.8 Å². The summed E-state index contributed by atoms with van der Waals surface area (Å²) in [6.07, 6.45) is 6.75. The SMILES string of the molecule is CCCS(=O)(=O)N1CC(=O)N(c2cc(C)cc(C)c2)C(C)(C(=O)NC2CCCCCC2)C1. The second-order valence-electron chi connectivity index (χ2n) is 9.59. The molecule has 1 aliphatic carbocycles. The summed E-state index contributed by atoms with van der Waals surface area (Å²) < 4.78 is 26.9. The number of nitrogens with zero attached hydrogens (tertiary/aromatic N) is 2. The van der Waals surface area contributed by atoms with E-state index in [4.69, 9.17) is 0 Å². The van der Waals surface area contributed by atoms with E-state index in [1.807, 2.05) is 32.0 Å². The minimum Gasteiger partial charge on any atom is -0.351 e. The van der Waals surface area contributed by atoms with Crippen LogP contribution in [0.15, 0.2) is 18.2 Å². The third kappa shape index (κ3) is 5.34. The van der Waals surface area contributed by atoms with E-state index >= 15 is 0 Å². The molecule has 1 unspecified atom stereocenters. The molecule has 1 aromatic rings. The van der Waals surface area contributed by atoms with E-state index in [9.17, 15) is 18.0 Å². The number of carbonyl (C=O) groups excluding carboxylic acids is 2. The summed E-state index contributed by atoms with van der Waals surface area (Å²) >= 11 is 0. The van der Waals surface area contributed by atoms with E-state index in [-0.39, 0.29) is 36.7 Å². The fraction of sp³-hybridized carbons (Fsp3) is 0.667. The van der Waals surface area contributed by atoms with E-state index in [1.165, 1.54) is 22.0 Å². The first kappa shape index (κ1) is 24.7. The van der Waals surface area contributed by atoms with E-state index in [0.717, 1.165) is 36.8 Å². The van der Waals surface area contributed by atoms with Crippen LogP contribution < -0.4 is 10.2 Å². The van der Waals surface area contributed by atoms with Crippen LogP contribution in [0.2, 0.25) is 0 Å². The van der Waals surface area contributed by atoms with Crippen LogP contribution in [-0.2, 0) is 19.6 Å². The lowest BCUT2D eigenvalue weighted by Crippen LogP contribution is -2.71. The highest BCUT2D eigenvalue weighted by molar-refractivity contribution is 7.89. The van der Waals surface area contributed by atoms with Gasteiger partial charge in [0.05, 0.1) is 12.3 Å². The van der Waals surface area contributed by atoms with Crippen LogP contribution in [0.25, 0.3) is 0 Å². The van der Waals surface area contributed by atoms with Gasteiger partial charge in [0.1, 0.15) is 5.54 Å². The predicted molar refractivity (Wildman–Crippen MR) is 127 cm³/mol. The molecular weight excluding hydrogens is 426 g/mol. The standard InChI is InChI=1S/C24H37N3O4S/c1-5-12-32(30,31)26-16-22(28)27(21-14-18(2)13-19(3)15-21)24(4,17-26)23(29)25-20-10-8-6-7-9-11-20/h13-15,20H,5-12,16-17H2,1-4H3,(H,25,29). The summed E-state index contributed by atoms with van der Waals surface area (Å²) in [5.74, 6) is -0.697. The van der Waals surface area contributed by atoms with E-state index in [2.05, 4.69) is 5.32 Å². The zero-order chi connectivity index (χ0) is 23.5. The van der Waals surface area contributed by atoms with Crippen LogP contribution >= 0.6 is 0 Å². The van der Waals surface area contributed by atoms with Crippen LogP contribution in [0.4, 0.5) is 5.69 Å². The largest absolute Gasteiger partial charge is 0.351 e. The van der Waals surface area contributed by atoms with Crippen molar-refractivity contribution in [2.75, 3.05) is 23.7 Å². The molecule has 1 heterocycles. The van der Waals surface area contributed by atoms with Crippen molar-refractivity contribution in [3.05, 3.63) is 29.3 Å². The van der Waals surface area contributed by atoms with E-state index < -0.39 is 15.6 Å². The molecule has 1 saturated carbocycles. The first-order valence-corrected chi connectivity index (χ1v) is 13.4. The molecule has 3 rings (SSSR count). The molecule has 0 aromatic heterocycles. The van der Waals surface area contributed by atoms with Crippen LogP contribution in [0.1, 0.15) is 69.9 Å². The first-order chi connectivity index (χ1) is 15.1. The van der Waals surface area contributed by atoms with E-state index in [0.29, 0.717) is 12.1 Å². The fourth-order valence-electron chi connectivity index (χ4n) is 5.00. The Balaban J connectivity index is 2.00. The predicted octanol–water partition coefficient (Wildman–Crippen LogP) is 3.29. The Labute approximate surface area is 192 Å². The third-order valence-corrected chi connectivity index (χ3v) is 8.51. The number of aryl methyl sites for hydroxylation is 2. The molecule has 2 amide bonds. The Kier molecular flexibility index (Phi) is 7.65. The highest BCUT2D eigenvalue weighted by Gasteiger charge is 2.51. The van der Waals surface area contributed by atoms with Gasteiger partial charge >= 0.3 is 0 Å². The van der Waals surface area contributed by atoms with Gasteiger partial charge in [0.15, 0.2) is 0 Å². The van der Waals surface area contributed by atoms with Crippen molar-refractivity contribution in [1.82, 2.24) is 9.62 Å². The smallest absolute Gasteiger partial charge is 0.247 e. The van der Waals surface area contributed by atoms with Gasteiger partial charge < -0.3 is 5.32 Å². The third-order valence-electron chi connectivity index (χ3n) is 6.54. The van der Waals surface area contributed by atoms with Crippen molar-refractivity contribution < 1.29 is 18.0 Å². The molecule has 0 radical (unpaired) electrons. The molecule has 1 N–H and O–H groups in total. The highest BCUT2D eigenvalue weighted by atomic mass is 32.2. The van der Waals surface area contributed by atoms with Crippen molar-refractivity contribution in [3.63, 3.8) is 0 Å². The molecule has 178 valence electrons. The van der Waals surface area contributed by atoms with Gasteiger partial charge in [-0.05, 0) is 63.3 Å². The minimum atomic E-state index is -3.63. The highest BCUT2D eigenvalue weighted by Crippen LogP contribution is 2.32. The lowest BCUT2D eigenvalue weighted by Gasteiger charge is -2.47. The van der Waals surface area contributed by atoms with Gasteiger partial charge in [-0.25, -0.2) is 8.42 Å². The number of piperazine rings is 1. The van der Waals surface area contributed by atoms with Crippen molar-refractivity contribution >= 4 is 27.5 Å². The van der Waals surface area contributed by atoms with Crippen molar-refractivity contribution in [2.24, 2.45) is 0 Å². The summed E-state index contributed by atoms with van der Waals surface area (Å²) in [4.78, 5) is 28.6. The van der Waals surface area contributed by atoms with Gasteiger partial charge in [-0.15, -0.1) is 0 Å². The van der Waals surface area contributed by atoms with Crippen LogP contribution in [0, 0.1) is 13.8 Å². The molecule has 1 atom stereocenters. The molecule has 0 spiro atoms. The Bertz CT molecular complexity index is 934. The first-order valence-electron chi connectivity index (χ1n) is 11.8. The molecule has 2 aliphatic rings.